The van der Waals surface area contributed by atoms with Gasteiger partial charge in [-0.1, -0.05) is 74.5 Å². The molecule has 1 unspecified atom stereocenters. The van der Waals surface area contributed by atoms with Crippen molar-refractivity contribution < 1.29 is 9.59 Å². The van der Waals surface area contributed by atoms with Gasteiger partial charge in [-0.25, -0.2) is 0 Å². The molecular weight excluding hydrogens is 324 g/mol. The summed E-state index contributed by atoms with van der Waals surface area (Å²) < 4.78 is 0. The summed E-state index contributed by atoms with van der Waals surface area (Å²) in [5, 5.41) is 2.97. The highest BCUT2D eigenvalue weighted by Gasteiger charge is 2.29. The molecule has 0 aliphatic carbocycles. The number of hydrogen-bond donors (Lipinski definition) is 1. The second-order valence-corrected chi connectivity index (χ2v) is 6.36. The lowest BCUT2D eigenvalue weighted by molar-refractivity contribution is -0.141. The van der Waals surface area contributed by atoms with Crippen LogP contribution in [-0.4, -0.2) is 29.3 Å². The monoisotopic (exact) mass is 352 g/mol. The molecule has 26 heavy (non-hydrogen) atoms. The minimum absolute atomic E-state index is 0.0126. The van der Waals surface area contributed by atoms with Gasteiger partial charge in [-0.3, -0.25) is 9.59 Å². The Kier molecular flexibility index (Phi) is 7.87. The van der Waals surface area contributed by atoms with Crippen LogP contribution in [0.2, 0.25) is 0 Å². The molecule has 4 nitrogen and oxygen atoms in total. The predicted octanol–water partition coefficient (Wildman–Crippen LogP) is 3.56. The van der Waals surface area contributed by atoms with Crippen LogP contribution < -0.4 is 5.32 Å². The van der Waals surface area contributed by atoms with Gasteiger partial charge in [-0.05, 0) is 17.5 Å². The van der Waals surface area contributed by atoms with Crippen molar-refractivity contribution in [2.75, 3.05) is 6.54 Å². The SMILES string of the molecule is CCCNC(=O)C(Cc1ccccc1)N(Cc1ccccc1)C(=O)CC. The molecule has 2 aromatic rings. The van der Waals surface area contributed by atoms with Gasteiger partial charge in [0.25, 0.3) is 0 Å². The largest absolute Gasteiger partial charge is 0.354 e. The van der Waals surface area contributed by atoms with E-state index in [1.54, 1.807) is 4.90 Å². The summed E-state index contributed by atoms with van der Waals surface area (Å²) in [5.41, 5.74) is 2.07. The van der Waals surface area contributed by atoms with Crippen molar-refractivity contribution in [3.05, 3.63) is 71.8 Å². The van der Waals surface area contributed by atoms with Crippen molar-refractivity contribution in [1.29, 1.82) is 0 Å². The summed E-state index contributed by atoms with van der Waals surface area (Å²) in [7, 11) is 0. The molecule has 0 aliphatic rings. The van der Waals surface area contributed by atoms with Gasteiger partial charge in [-0.15, -0.1) is 0 Å². The van der Waals surface area contributed by atoms with Gasteiger partial charge in [-0.2, -0.15) is 0 Å². The van der Waals surface area contributed by atoms with Crippen molar-refractivity contribution in [1.82, 2.24) is 10.2 Å². The van der Waals surface area contributed by atoms with Crippen LogP contribution in [-0.2, 0) is 22.6 Å². The van der Waals surface area contributed by atoms with Crippen LogP contribution in [0.5, 0.6) is 0 Å². The van der Waals surface area contributed by atoms with E-state index in [9.17, 15) is 9.59 Å². The molecule has 1 N–H and O–H groups in total. The Morgan fingerprint density at radius 1 is 0.923 bits per heavy atom. The fourth-order valence-corrected chi connectivity index (χ4v) is 2.90. The Bertz CT molecular complexity index is 686. The number of carbonyl (C=O) groups is 2. The van der Waals surface area contributed by atoms with Crippen LogP contribution in [0.3, 0.4) is 0 Å². The first kappa shape index (κ1) is 19.7. The average Bonchev–Trinajstić information content (AvgIpc) is 2.69. The summed E-state index contributed by atoms with van der Waals surface area (Å²) in [6, 6.07) is 19.2. The van der Waals surface area contributed by atoms with Crippen LogP contribution in [0.4, 0.5) is 0 Å². The molecular formula is C22H28N2O2. The Morgan fingerprint density at radius 3 is 2.04 bits per heavy atom. The maximum Gasteiger partial charge on any atom is 0.243 e. The van der Waals surface area contributed by atoms with Gasteiger partial charge in [0.2, 0.25) is 11.8 Å². The van der Waals surface area contributed by atoms with E-state index < -0.39 is 6.04 Å². The zero-order chi connectivity index (χ0) is 18.8. The van der Waals surface area contributed by atoms with Crippen molar-refractivity contribution in [3.63, 3.8) is 0 Å². The third-order valence-electron chi connectivity index (χ3n) is 4.32. The standard InChI is InChI=1S/C22H28N2O2/c1-3-15-23-22(26)20(16-18-11-7-5-8-12-18)24(21(25)4-2)17-19-13-9-6-10-14-19/h5-14,20H,3-4,15-17H2,1-2H3,(H,23,26). The topological polar surface area (TPSA) is 49.4 Å². The van der Waals surface area contributed by atoms with Gasteiger partial charge in [0.05, 0.1) is 0 Å². The number of hydrogen-bond acceptors (Lipinski definition) is 2. The van der Waals surface area contributed by atoms with Crippen LogP contribution in [0.25, 0.3) is 0 Å². The Morgan fingerprint density at radius 2 is 1.50 bits per heavy atom. The van der Waals surface area contributed by atoms with E-state index >= 15 is 0 Å². The lowest BCUT2D eigenvalue weighted by atomic mass is 10.0. The van der Waals surface area contributed by atoms with Crippen LogP contribution in [0.1, 0.15) is 37.8 Å². The normalized spacial score (nSPS) is 11.6. The third-order valence-corrected chi connectivity index (χ3v) is 4.32. The van der Waals surface area contributed by atoms with Crippen molar-refractivity contribution in [3.8, 4) is 0 Å². The number of amides is 2. The number of benzene rings is 2. The van der Waals surface area contributed by atoms with Gasteiger partial charge in [0.15, 0.2) is 0 Å². The maximum atomic E-state index is 12.9. The first-order valence-electron chi connectivity index (χ1n) is 9.30. The molecule has 0 aliphatic heterocycles. The van der Waals surface area contributed by atoms with Crippen LogP contribution in [0.15, 0.2) is 60.7 Å². The molecule has 0 aromatic heterocycles. The lowest BCUT2D eigenvalue weighted by Gasteiger charge is -2.31. The highest BCUT2D eigenvalue weighted by atomic mass is 16.2. The lowest BCUT2D eigenvalue weighted by Crippen LogP contribution is -2.50. The molecule has 2 rings (SSSR count). The molecule has 0 saturated carbocycles. The summed E-state index contributed by atoms with van der Waals surface area (Å²) in [6.07, 6.45) is 1.75. The van der Waals surface area contributed by atoms with Gasteiger partial charge >= 0.3 is 0 Å². The molecule has 1 atom stereocenters. The van der Waals surface area contributed by atoms with E-state index in [0.717, 1.165) is 17.5 Å². The summed E-state index contributed by atoms with van der Waals surface area (Å²) in [5.74, 6) is -0.102. The number of nitrogens with zero attached hydrogens (tertiary/aromatic N) is 1. The van der Waals surface area contributed by atoms with Crippen molar-refractivity contribution >= 4 is 11.8 Å². The van der Waals surface area contributed by atoms with E-state index in [-0.39, 0.29) is 11.8 Å². The zero-order valence-corrected chi connectivity index (χ0v) is 15.7. The van der Waals surface area contributed by atoms with Gasteiger partial charge < -0.3 is 10.2 Å². The molecule has 2 amide bonds. The minimum atomic E-state index is -0.517. The summed E-state index contributed by atoms with van der Waals surface area (Å²) in [6.45, 7) is 4.91. The van der Waals surface area contributed by atoms with Crippen LogP contribution >= 0.6 is 0 Å². The maximum absolute atomic E-state index is 12.9. The Balaban J connectivity index is 2.29. The first-order chi connectivity index (χ1) is 12.7. The van der Waals surface area contributed by atoms with Crippen LogP contribution in [0, 0.1) is 0 Å². The molecule has 2 aromatic carbocycles. The molecule has 138 valence electrons. The van der Waals surface area contributed by atoms with E-state index in [0.29, 0.717) is 25.9 Å². The van der Waals surface area contributed by atoms with Crippen molar-refractivity contribution in [2.24, 2.45) is 0 Å². The second-order valence-electron chi connectivity index (χ2n) is 6.36. The first-order valence-corrected chi connectivity index (χ1v) is 9.30. The molecule has 0 heterocycles. The third kappa shape index (κ3) is 5.73. The van der Waals surface area contributed by atoms with E-state index in [1.807, 2.05) is 74.5 Å². The molecule has 4 heteroatoms. The predicted molar refractivity (Wildman–Crippen MR) is 105 cm³/mol. The molecule has 0 bridgehead atoms. The highest BCUT2D eigenvalue weighted by Crippen LogP contribution is 2.15. The van der Waals surface area contributed by atoms with Gasteiger partial charge in [0.1, 0.15) is 6.04 Å². The Hall–Kier alpha value is -2.62. The van der Waals surface area contributed by atoms with E-state index in [4.69, 9.17) is 0 Å². The zero-order valence-electron chi connectivity index (χ0n) is 15.7. The van der Waals surface area contributed by atoms with Gasteiger partial charge in [0, 0.05) is 25.9 Å². The average molecular weight is 352 g/mol. The highest BCUT2D eigenvalue weighted by molar-refractivity contribution is 5.87. The molecule has 0 fully saturated rings. The summed E-state index contributed by atoms with van der Waals surface area (Å²) in [4.78, 5) is 27.2. The fraction of sp³-hybridized carbons (Fsp3) is 0.364. The number of carbonyl (C=O) groups excluding carboxylic acids is 2. The second kappa shape index (κ2) is 10.4. The quantitative estimate of drug-likeness (QED) is 0.750. The van der Waals surface area contributed by atoms with E-state index in [1.165, 1.54) is 0 Å². The smallest absolute Gasteiger partial charge is 0.243 e. The minimum Gasteiger partial charge on any atom is -0.354 e. The van der Waals surface area contributed by atoms with Crippen molar-refractivity contribution in [2.45, 2.75) is 45.7 Å². The number of nitrogens with one attached hydrogen (secondary N) is 1. The number of rotatable bonds is 9. The fourth-order valence-electron chi connectivity index (χ4n) is 2.90. The summed E-state index contributed by atoms with van der Waals surface area (Å²) >= 11 is 0. The molecule has 0 spiro atoms. The Labute approximate surface area is 156 Å². The molecule has 0 radical (unpaired) electrons. The van der Waals surface area contributed by atoms with E-state index in [2.05, 4.69) is 5.32 Å². The molecule has 0 saturated heterocycles.